The van der Waals surface area contributed by atoms with Crippen LogP contribution in [0, 0.1) is 0 Å². The highest BCUT2D eigenvalue weighted by molar-refractivity contribution is 8.17. The summed E-state index contributed by atoms with van der Waals surface area (Å²) in [7, 11) is -6.51. The number of primary sulfonamides is 1. The van der Waals surface area contributed by atoms with E-state index in [0.29, 0.717) is 12.8 Å². The Labute approximate surface area is 170 Å². The molecule has 1 fully saturated rings. The summed E-state index contributed by atoms with van der Waals surface area (Å²) in [5.41, 5.74) is 0.957. The lowest BCUT2D eigenvalue weighted by Gasteiger charge is -2.10. The molecule has 3 rings (SSSR count). The fraction of sp³-hybridized carbons (Fsp3) is 0.412. The molecule has 156 valence electrons. The Morgan fingerprint density at radius 1 is 1.32 bits per heavy atom. The zero-order valence-electron chi connectivity index (χ0n) is 15.4. The van der Waals surface area contributed by atoms with Gasteiger partial charge in [0.1, 0.15) is 9.99 Å². The zero-order valence-corrected chi connectivity index (χ0v) is 17.9. The van der Waals surface area contributed by atoms with Crippen molar-refractivity contribution in [2.24, 2.45) is 5.14 Å². The van der Waals surface area contributed by atoms with E-state index in [0.717, 1.165) is 24.1 Å². The van der Waals surface area contributed by atoms with Gasteiger partial charge in [-0.05, 0) is 61.2 Å². The van der Waals surface area contributed by atoms with Crippen LogP contribution in [0.3, 0.4) is 0 Å². The number of sulfone groups is 1. The number of rotatable bonds is 5. The highest BCUT2D eigenvalue weighted by Crippen LogP contribution is 2.25. The SMILES string of the molecule is CCNC1C[C@@H](Cc2ccc(O)cc2)S(=O)(=O)C1.NS(=O)(=O)C1=CC=CNS1. The first-order valence-corrected chi connectivity index (χ1v) is 12.7. The van der Waals surface area contributed by atoms with Gasteiger partial charge in [0, 0.05) is 12.2 Å². The largest absolute Gasteiger partial charge is 0.508 e. The molecule has 0 aromatic heterocycles. The minimum absolute atomic E-state index is 0.0853. The molecule has 0 bridgehead atoms. The van der Waals surface area contributed by atoms with Crippen molar-refractivity contribution < 1.29 is 21.9 Å². The lowest BCUT2D eigenvalue weighted by molar-refractivity contribution is 0.475. The number of phenolic OH excluding ortho intramolecular Hbond substituents is 1. The number of aromatic hydroxyl groups is 1. The Kier molecular flexibility index (Phi) is 7.96. The molecule has 8 nitrogen and oxygen atoms in total. The van der Waals surface area contributed by atoms with Gasteiger partial charge in [0.2, 0.25) is 10.0 Å². The van der Waals surface area contributed by atoms with Crippen LogP contribution in [0.25, 0.3) is 0 Å². The van der Waals surface area contributed by atoms with E-state index in [9.17, 15) is 21.9 Å². The molecule has 2 atom stereocenters. The number of nitrogens with two attached hydrogens (primary N) is 1. The fourth-order valence-electron chi connectivity index (χ4n) is 2.93. The molecule has 0 amide bonds. The van der Waals surface area contributed by atoms with Crippen molar-refractivity contribution in [3.63, 3.8) is 0 Å². The van der Waals surface area contributed by atoms with Crippen molar-refractivity contribution in [1.82, 2.24) is 10.0 Å². The molecule has 1 saturated heterocycles. The third kappa shape index (κ3) is 6.82. The summed E-state index contributed by atoms with van der Waals surface area (Å²) in [4.78, 5) is 0. The van der Waals surface area contributed by atoms with E-state index < -0.39 is 19.9 Å². The van der Waals surface area contributed by atoms with E-state index in [1.807, 2.05) is 6.92 Å². The van der Waals surface area contributed by atoms with E-state index in [2.05, 4.69) is 10.0 Å². The van der Waals surface area contributed by atoms with Gasteiger partial charge in [-0.2, -0.15) is 0 Å². The molecule has 1 aromatic carbocycles. The summed E-state index contributed by atoms with van der Waals surface area (Å²) in [6.45, 7) is 2.78. The molecule has 1 aromatic rings. The molecular formula is C17H25N3O5S3. The Morgan fingerprint density at radius 3 is 2.50 bits per heavy atom. The van der Waals surface area contributed by atoms with Gasteiger partial charge < -0.3 is 15.1 Å². The van der Waals surface area contributed by atoms with Crippen LogP contribution < -0.4 is 15.2 Å². The quantitative estimate of drug-likeness (QED) is 0.490. The third-order valence-electron chi connectivity index (χ3n) is 4.22. The topological polar surface area (TPSA) is 139 Å². The van der Waals surface area contributed by atoms with E-state index >= 15 is 0 Å². The fourth-order valence-corrected chi connectivity index (χ4v) is 6.28. The van der Waals surface area contributed by atoms with Gasteiger partial charge in [-0.1, -0.05) is 19.1 Å². The van der Waals surface area contributed by atoms with Gasteiger partial charge >= 0.3 is 0 Å². The van der Waals surface area contributed by atoms with Crippen LogP contribution in [-0.4, -0.2) is 45.5 Å². The summed E-state index contributed by atoms with van der Waals surface area (Å²) in [6.07, 6.45) is 5.85. The number of allylic oxidation sites excluding steroid dienone is 2. The lowest BCUT2D eigenvalue weighted by Crippen LogP contribution is -2.29. The molecule has 0 radical (unpaired) electrons. The Bertz CT molecular complexity index is 925. The summed E-state index contributed by atoms with van der Waals surface area (Å²) in [5.74, 6) is 0.447. The lowest BCUT2D eigenvalue weighted by atomic mass is 10.1. The number of nitrogens with one attached hydrogen (secondary N) is 2. The maximum Gasteiger partial charge on any atom is 0.245 e. The molecule has 1 unspecified atom stereocenters. The van der Waals surface area contributed by atoms with Crippen LogP contribution in [0.5, 0.6) is 5.75 Å². The first kappa shape index (κ1) is 22.8. The summed E-state index contributed by atoms with van der Waals surface area (Å²) < 4.78 is 48.0. The van der Waals surface area contributed by atoms with Crippen molar-refractivity contribution in [3.05, 3.63) is 52.4 Å². The monoisotopic (exact) mass is 447 g/mol. The summed E-state index contributed by atoms with van der Waals surface area (Å²) in [5, 5.41) is 16.9. The van der Waals surface area contributed by atoms with Gasteiger partial charge in [-0.25, -0.2) is 22.0 Å². The average molecular weight is 448 g/mol. The van der Waals surface area contributed by atoms with Crippen molar-refractivity contribution in [2.75, 3.05) is 12.3 Å². The van der Waals surface area contributed by atoms with Crippen LogP contribution in [0.2, 0.25) is 0 Å². The van der Waals surface area contributed by atoms with Gasteiger partial charge in [-0.15, -0.1) is 0 Å². The number of benzene rings is 1. The number of sulfonamides is 1. The van der Waals surface area contributed by atoms with Crippen molar-refractivity contribution in [3.8, 4) is 5.75 Å². The molecule has 11 heteroatoms. The molecule has 2 aliphatic heterocycles. The van der Waals surface area contributed by atoms with Crippen molar-refractivity contribution >= 4 is 31.8 Å². The highest BCUT2D eigenvalue weighted by Gasteiger charge is 2.37. The zero-order chi connectivity index (χ0) is 20.8. The van der Waals surface area contributed by atoms with Gasteiger partial charge in [0.05, 0.1) is 11.0 Å². The smallest absolute Gasteiger partial charge is 0.245 e. The Morgan fingerprint density at radius 2 is 2.00 bits per heavy atom. The normalized spacial score (nSPS) is 23.3. The first-order valence-electron chi connectivity index (χ1n) is 8.66. The second-order valence-electron chi connectivity index (χ2n) is 6.42. The van der Waals surface area contributed by atoms with Crippen molar-refractivity contribution in [2.45, 2.75) is 31.1 Å². The number of phenols is 1. The van der Waals surface area contributed by atoms with E-state index in [1.165, 1.54) is 6.08 Å². The van der Waals surface area contributed by atoms with Gasteiger partial charge in [0.15, 0.2) is 9.84 Å². The minimum Gasteiger partial charge on any atom is -0.508 e. The van der Waals surface area contributed by atoms with Crippen molar-refractivity contribution in [1.29, 1.82) is 0 Å². The first-order chi connectivity index (χ1) is 13.1. The predicted octanol–water partition coefficient (Wildman–Crippen LogP) is 0.981. The molecule has 28 heavy (non-hydrogen) atoms. The predicted molar refractivity (Wildman–Crippen MR) is 113 cm³/mol. The summed E-state index contributed by atoms with van der Waals surface area (Å²) >= 11 is 0.981. The van der Waals surface area contributed by atoms with Gasteiger partial charge in [-0.3, -0.25) is 0 Å². The Hall–Kier alpha value is -1.53. The highest BCUT2D eigenvalue weighted by atomic mass is 32.3. The molecule has 0 saturated carbocycles. The van der Waals surface area contributed by atoms with Crippen LogP contribution in [0.15, 0.2) is 46.9 Å². The molecule has 2 heterocycles. The van der Waals surface area contributed by atoms with Crippen LogP contribution in [0.1, 0.15) is 18.9 Å². The molecule has 5 N–H and O–H groups in total. The maximum atomic E-state index is 12.0. The third-order valence-corrected chi connectivity index (χ3v) is 8.69. The standard InChI is InChI=1S/C13H19NO3S.C4H6N2O2S2/c1-2-14-11-8-13(18(16,17)9-11)7-10-3-5-12(15)6-4-10;5-10(7,8)4-2-1-3-6-9-4/h3-6,11,13-15H,2,7-9H2,1H3;1-3,6H,(H2,5,7,8)/t11?,13-;/m1./s1. The molecular weight excluding hydrogens is 422 g/mol. The second kappa shape index (κ2) is 9.79. The van der Waals surface area contributed by atoms with Crippen LogP contribution >= 0.6 is 11.9 Å². The molecule has 2 aliphatic rings. The van der Waals surface area contributed by atoms with Crippen LogP contribution in [0.4, 0.5) is 0 Å². The average Bonchev–Trinajstić information content (AvgIpc) is 2.91. The molecule has 0 spiro atoms. The maximum absolute atomic E-state index is 12.0. The van der Waals surface area contributed by atoms with E-state index in [-0.39, 0.29) is 27.0 Å². The number of hydrogen-bond acceptors (Lipinski definition) is 8. The van der Waals surface area contributed by atoms with E-state index in [4.69, 9.17) is 5.14 Å². The van der Waals surface area contributed by atoms with E-state index in [1.54, 1.807) is 36.5 Å². The van der Waals surface area contributed by atoms with Gasteiger partial charge in [0.25, 0.3) is 0 Å². The second-order valence-corrected chi connectivity index (χ2v) is 11.4. The number of hydrogen-bond donors (Lipinski definition) is 4. The van der Waals surface area contributed by atoms with Crippen LogP contribution in [-0.2, 0) is 26.3 Å². The summed E-state index contributed by atoms with van der Waals surface area (Å²) in [6, 6.07) is 6.84. The minimum atomic E-state index is -3.52. The molecule has 0 aliphatic carbocycles. The Balaban J connectivity index is 0.000000237.